The molecular formula is C18H15NO2. The first kappa shape index (κ1) is 13.3. The molecule has 0 aliphatic carbocycles. The molecule has 0 saturated carbocycles. The second kappa shape index (κ2) is 5.37. The molecule has 104 valence electrons. The summed E-state index contributed by atoms with van der Waals surface area (Å²) in [6.45, 7) is 3.86. The van der Waals surface area contributed by atoms with Gasteiger partial charge in [0.15, 0.2) is 5.75 Å². The van der Waals surface area contributed by atoms with Gasteiger partial charge in [0.1, 0.15) is 5.52 Å². The van der Waals surface area contributed by atoms with Crippen molar-refractivity contribution in [2.24, 2.45) is 0 Å². The van der Waals surface area contributed by atoms with Crippen molar-refractivity contribution in [3.8, 4) is 5.75 Å². The number of rotatable bonds is 2. The first-order valence-corrected chi connectivity index (χ1v) is 6.79. The van der Waals surface area contributed by atoms with Crippen molar-refractivity contribution >= 4 is 16.9 Å². The summed E-state index contributed by atoms with van der Waals surface area (Å²) in [5.41, 5.74) is 3.16. The molecule has 21 heavy (non-hydrogen) atoms. The van der Waals surface area contributed by atoms with E-state index in [1.54, 1.807) is 12.1 Å². The van der Waals surface area contributed by atoms with Crippen LogP contribution >= 0.6 is 0 Å². The number of aromatic nitrogens is 1. The van der Waals surface area contributed by atoms with E-state index in [2.05, 4.69) is 4.98 Å². The summed E-state index contributed by atoms with van der Waals surface area (Å²) in [6, 6.07) is 16.8. The van der Waals surface area contributed by atoms with Gasteiger partial charge in [-0.3, -0.25) is 0 Å². The molecule has 1 aromatic heterocycles. The number of aryl methyl sites for hydroxylation is 2. The molecule has 3 nitrogen and oxygen atoms in total. The highest BCUT2D eigenvalue weighted by Gasteiger charge is 2.11. The van der Waals surface area contributed by atoms with Crippen LogP contribution in [0.4, 0.5) is 0 Å². The van der Waals surface area contributed by atoms with Crippen molar-refractivity contribution in [1.29, 1.82) is 0 Å². The number of nitrogens with zero attached hydrogens (tertiary/aromatic N) is 1. The highest BCUT2D eigenvalue weighted by Crippen LogP contribution is 2.24. The standard InChI is InChI=1S/C18H15NO2/c1-12-5-3-7-15(11-12)18(20)21-16-8-4-6-14-10-9-13(2)19-17(14)16/h3-11H,1-2H3. The number of carbonyl (C=O) groups excluding carboxylic acids is 1. The number of esters is 1. The van der Waals surface area contributed by atoms with E-state index >= 15 is 0 Å². The van der Waals surface area contributed by atoms with Gasteiger partial charge in [-0.05, 0) is 38.1 Å². The predicted octanol–water partition coefficient (Wildman–Crippen LogP) is 4.07. The van der Waals surface area contributed by atoms with Crippen LogP contribution in [0.1, 0.15) is 21.6 Å². The van der Waals surface area contributed by atoms with Gasteiger partial charge in [-0.1, -0.05) is 35.9 Å². The SMILES string of the molecule is Cc1cccc(C(=O)Oc2cccc3ccc(C)nc23)c1. The minimum atomic E-state index is -0.366. The third kappa shape index (κ3) is 2.77. The highest BCUT2D eigenvalue weighted by atomic mass is 16.5. The van der Waals surface area contributed by atoms with Crippen LogP contribution in [0.3, 0.4) is 0 Å². The summed E-state index contributed by atoms with van der Waals surface area (Å²) in [4.78, 5) is 16.7. The number of fused-ring (bicyclic) bond motifs is 1. The van der Waals surface area contributed by atoms with Crippen LogP contribution in [0.15, 0.2) is 54.6 Å². The Balaban J connectivity index is 1.98. The average molecular weight is 277 g/mol. The Morgan fingerprint density at radius 2 is 1.81 bits per heavy atom. The van der Waals surface area contributed by atoms with Crippen LogP contribution in [-0.4, -0.2) is 11.0 Å². The molecule has 0 N–H and O–H groups in total. The van der Waals surface area contributed by atoms with Crippen molar-refractivity contribution in [3.05, 3.63) is 71.4 Å². The van der Waals surface area contributed by atoms with Gasteiger partial charge in [0.25, 0.3) is 0 Å². The quantitative estimate of drug-likeness (QED) is 0.523. The highest BCUT2D eigenvalue weighted by molar-refractivity contribution is 5.94. The Labute approximate surface area is 123 Å². The van der Waals surface area contributed by atoms with Crippen LogP contribution in [0.5, 0.6) is 5.75 Å². The maximum absolute atomic E-state index is 12.2. The number of carbonyl (C=O) groups is 1. The lowest BCUT2D eigenvalue weighted by atomic mass is 10.1. The van der Waals surface area contributed by atoms with Crippen LogP contribution < -0.4 is 4.74 Å². The first-order valence-electron chi connectivity index (χ1n) is 6.79. The van der Waals surface area contributed by atoms with Gasteiger partial charge in [0, 0.05) is 11.1 Å². The van der Waals surface area contributed by atoms with Crippen molar-refractivity contribution in [3.63, 3.8) is 0 Å². The summed E-state index contributed by atoms with van der Waals surface area (Å²) < 4.78 is 5.52. The summed E-state index contributed by atoms with van der Waals surface area (Å²) in [6.07, 6.45) is 0. The molecule has 0 radical (unpaired) electrons. The number of benzene rings is 2. The smallest absolute Gasteiger partial charge is 0.343 e. The fourth-order valence-electron chi connectivity index (χ4n) is 2.23. The summed E-state index contributed by atoms with van der Waals surface area (Å²) in [5.74, 6) is 0.122. The number of para-hydroxylation sites is 1. The Morgan fingerprint density at radius 1 is 1.00 bits per heavy atom. The molecule has 0 bridgehead atoms. The molecule has 0 amide bonds. The molecule has 3 rings (SSSR count). The monoisotopic (exact) mass is 277 g/mol. The largest absolute Gasteiger partial charge is 0.421 e. The molecule has 0 aliphatic rings. The number of pyridine rings is 1. The van der Waals surface area contributed by atoms with E-state index in [1.165, 1.54) is 0 Å². The Hall–Kier alpha value is -2.68. The van der Waals surface area contributed by atoms with Gasteiger partial charge >= 0.3 is 5.97 Å². The van der Waals surface area contributed by atoms with Crippen molar-refractivity contribution in [1.82, 2.24) is 4.98 Å². The lowest BCUT2D eigenvalue weighted by Gasteiger charge is -2.08. The van der Waals surface area contributed by atoms with Crippen LogP contribution in [-0.2, 0) is 0 Å². The molecular weight excluding hydrogens is 262 g/mol. The lowest BCUT2D eigenvalue weighted by molar-refractivity contribution is 0.0736. The van der Waals surface area contributed by atoms with Crippen molar-refractivity contribution in [2.45, 2.75) is 13.8 Å². The molecule has 2 aromatic carbocycles. The normalized spacial score (nSPS) is 10.6. The third-order valence-corrected chi connectivity index (χ3v) is 3.28. The molecule has 3 aromatic rings. The second-order valence-corrected chi connectivity index (χ2v) is 5.04. The number of hydrogen-bond acceptors (Lipinski definition) is 3. The van der Waals surface area contributed by atoms with E-state index in [-0.39, 0.29) is 5.97 Å². The van der Waals surface area contributed by atoms with E-state index in [0.717, 1.165) is 16.6 Å². The van der Waals surface area contributed by atoms with E-state index in [0.29, 0.717) is 16.8 Å². The molecule has 0 atom stereocenters. The zero-order valence-electron chi connectivity index (χ0n) is 12.0. The number of hydrogen-bond donors (Lipinski definition) is 0. The lowest BCUT2D eigenvalue weighted by Crippen LogP contribution is -2.09. The van der Waals surface area contributed by atoms with Crippen LogP contribution in [0, 0.1) is 13.8 Å². The van der Waals surface area contributed by atoms with Crippen molar-refractivity contribution in [2.75, 3.05) is 0 Å². The molecule has 0 aliphatic heterocycles. The second-order valence-electron chi connectivity index (χ2n) is 5.04. The molecule has 0 unspecified atom stereocenters. The van der Waals surface area contributed by atoms with Gasteiger partial charge in [-0.15, -0.1) is 0 Å². The maximum atomic E-state index is 12.2. The topological polar surface area (TPSA) is 39.2 Å². The summed E-state index contributed by atoms with van der Waals surface area (Å²) in [5, 5.41) is 0.954. The van der Waals surface area contributed by atoms with E-state index in [4.69, 9.17) is 4.74 Å². The van der Waals surface area contributed by atoms with Gasteiger partial charge in [-0.2, -0.15) is 0 Å². The summed E-state index contributed by atoms with van der Waals surface area (Å²) in [7, 11) is 0. The average Bonchev–Trinajstić information content (AvgIpc) is 2.48. The van der Waals surface area contributed by atoms with Gasteiger partial charge in [0.05, 0.1) is 5.56 Å². The Morgan fingerprint density at radius 3 is 2.62 bits per heavy atom. The maximum Gasteiger partial charge on any atom is 0.343 e. The molecule has 3 heteroatoms. The first-order chi connectivity index (χ1) is 10.1. The zero-order valence-corrected chi connectivity index (χ0v) is 12.0. The van der Waals surface area contributed by atoms with Crippen molar-refractivity contribution < 1.29 is 9.53 Å². The fraction of sp³-hybridized carbons (Fsp3) is 0.111. The summed E-state index contributed by atoms with van der Waals surface area (Å²) >= 11 is 0. The predicted molar refractivity (Wildman–Crippen MR) is 82.6 cm³/mol. The molecule has 0 saturated heterocycles. The Bertz CT molecular complexity index is 824. The minimum Gasteiger partial charge on any atom is -0.421 e. The number of ether oxygens (including phenoxy) is 1. The minimum absolute atomic E-state index is 0.366. The van der Waals surface area contributed by atoms with Crippen LogP contribution in [0.25, 0.3) is 10.9 Å². The molecule has 1 heterocycles. The fourth-order valence-corrected chi connectivity index (χ4v) is 2.23. The van der Waals surface area contributed by atoms with Gasteiger partial charge in [-0.25, -0.2) is 9.78 Å². The van der Waals surface area contributed by atoms with E-state index < -0.39 is 0 Å². The van der Waals surface area contributed by atoms with Gasteiger partial charge in [0.2, 0.25) is 0 Å². The Kier molecular flexibility index (Phi) is 3.40. The van der Waals surface area contributed by atoms with E-state index in [9.17, 15) is 4.79 Å². The zero-order chi connectivity index (χ0) is 14.8. The van der Waals surface area contributed by atoms with E-state index in [1.807, 2.05) is 56.3 Å². The molecule has 0 spiro atoms. The van der Waals surface area contributed by atoms with Gasteiger partial charge < -0.3 is 4.74 Å². The molecule has 0 fully saturated rings. The third-order valence-electron chi connectivity index (χ3n) is 3.28. The van der Waals surface area contributed by atoms with Crippen LogP contribution in [0.2, 0.25) is 0 Å².